The second-order valence-corrected chi connectivity index (χ2v) is 4.04. The smallest absolute Gasteiger partial charge is 0.320 e. The van der Waals surface area contributed by atoms with E-state index in [1.807, 2.05) is 0 Å². The van der Waals surface area contributed by atoms with Gasteiger partial charge in [0.15, 0.2) is 0 Å². The minimum Gasteiger partial charge on any atom is -0.480 e. The van der Waals surface area contributed by atoms with Gasteiger partial charge in [0.1, 0.15) is 6.04 Å². The summed E-state index contributed by atoms with van der Waals surface area (Å²) in [4.78, 5) is 10.6. The predicted molar refractivity (Wildman–Crippen MR) is 53.1 cm³/mol. The van der Waals surface area contributed by atoms with Crippen molar-refractivity contribution in [3.05, 3.63) is 0 Å². The SMILES string of the molecule is CC(NC1CCCCCC1O)C(=O)O. The Morgan fingerprint density at radius 3 is 2.64 bits per heavy atom. The fourth-order valence-electron chi connectivity index (χ4n) is 1.87. The third-order valence-electron chi connectivity index (χ3n) is 2.81. The zero-order valence-corrected chi connectivity index (χ0v) is 8.57. The monoisotopic (exact) mass is 201 g/mol. The van der Waals surface area contributed by atoms with Crippen LogP contribution in [-0.2, 0) is 4.79 Å². The molecular formula is C10H19NO3. The van der Waals surface area contributed by atoms with Crippen LogP contribution in [0, 0.1) is 0 Å². The van der Waals surface area contributed by atoms with E-state index in [0.29, 0.717) is 0 Å². The van der Waals surface area contributed by atoms with Gasteiger partial charge in [-0.2, -0.15) is 0 Å². The molecule has 1 fully saturated rings. The average Bonchev–Trinajstić information content (AvgIpc) is 2.32. The van der Waals surface area contributed by atoms with Gasteiger partial charge in [0, 0.05) is 6.04 Å². The van der Waals surface area contributed by atoms with Crippen LogP contribution in [-0.4, -0.2) is 34.4 Å². The first kappa shape index (κ1) is 11.5. The summed E-state index contributed by atoms with van der Waals surface area (Å²) >= 11 is 0. The normalized spacial score (nSPS) is 30.7. The predicted octanol–water partition coefficient (Wildman–Crippen LogP) is 0.743. The molecule has 4 heteroatoms. The Morgan fingerprint density at radius 2 is 2.00 bits per heavy atom. The molecule has 0 aromatic carbocycles. The van der Waals surface area contributed by atoms with E-state index in [2.05, 4.69) is 5.32 Å². The Morgan fingerprint density at radius 1 is 1.36 bits per heavy atom. The van der Waals surface area contributed by atoms with E-state index in [9.17, 15) is 9.90 Å². The molecule has 1 aliphatic rings. The van der Waals surface area contributed by atoms with Gasteiger partial charge < -0.3 is 10.2 Å². The quantitative estimate of drug-likeness (QED) is 0.589. The lowest BCUT2D eigenvalue weighted by molar-refractivity contribution is -0.139. The number of aliphatic hydroxyl groups is 1. The van der Waals surface area contributed by atoms with Gasteiger partial charge in [-0.1, -0.05) is 19.3 Å². The Labute approximate surface area is 84.3 Å². The number of aliphatic carboxylic acids is 1. The second-order valence-electron chi connectivity index (χ2n) is 4.04. The lowest BCUT2D eigenvalue weighted by Gasteiger charge is -2.23. The van der Waals surface area contributed by atoms with Crippen LogP contribution in [0.15, 0.2) is 0 Å². The van der Waals surface area contributed by atoms with Gasteiger partial charge in [0.2, 0.25) is 0 Å². The summed E-state index contributed by atoms with van der Waals surface area (Å²) in [5.74, 6) is -0.860. The van der Waals surface area contributed by atoms with Crippen molar-refractivity contribution >= 4 is 5.97 Å². The highest BCUT2D eigenvalue weighted by atomic mass is 16.4. The molecule has 0 bridgehead atoms. The van der Waals surface area contributed by atoms with Crippen LogP contribution < -0.4 is 5.32 Å². The molecule has 1 rings (SSSR count). The van der Waals surface area contributed by atoms with Crippen LogP contribution in [0.5, 0.6) is 0 Å². The third-order valence-corrected chi connectivity index (χ3v) is 2.81. The number of carboxylic acid groups (broad SMARTS) is 1. The molecular weight excluding hydrogens is 182 g/mol. The molecule has 1 aliphatic carbocycles. The second kappa shape index (κ2) is 5.32. The number of nitrogens with one attached hydrogen (secondary N) is 1. The zero-order chi connectivity index (χ0) is 10.6. The maximum absolute atomic E-state index is 10.6. The molecule has 3 unspecified atom stereocenters. The highest BCUT2D eigenvalue weighted by Gasteiger charge is 2.24. The van der Waals surface area contributed by atoms with E-state index in [4.69, 9.17) is 5.11 Å². The van der Waals surface area contributed by atoms with Gasteiger partial charge in [-0.3, -0.25) is 10.1 Å². The molecule has 0 heterocycles. The molecule has 3 atom stereocenters. The van der Waals surface area contributed by atoms with Gasteiger partial charge in [-0.15, -0.1) is 0 Å². The minimum atomic E-state index is -0.860. The summed E-state index contributed by atoms with van der Waals surface area (Å²) in [6, 6.07) is -0.628. The molecule has 14 heavy (non-hydrogen) atoms. The van der Waals surface area contributed by atoms with E-state index < -0.39 is 12.0 Å². The van der Waals surface area contributed by atoms with E-state index in [0.717, 1.165) is 32.1 Å². The number of carboxylic acids is 1. The van der Waals surface area contributed by atoms with E-state index in [1.165, 1.54) is 0 Å². The van der Waals surface area contributed by atoms with Crippen molar-refractivity contribution < 1.29 is 15.0 Å². The number of hydrogen-bond donors (Lipinski definition) is 3. The van der Waals surface area contributed by atoms with Crippen LogP contribution in [0.3, 0.4) is 0 Å². The highest BCUT2D eigenvalue weighted by molar-refractivity contribution is 5.72. The maximum Gasteiger partial charge on any atom is 0.320 e. The molecule has 0 spiro atoms. The largest absolute Gasteiger partial charge is 0.480 e. The van der Waals surface area contributed by atoms with Gasteiger partial charge in [0.25, 0.3) is 0 Å². The molecule has 4 nitrogen and oxygen atoms in total. The molecule has 0 saturated heterocycles. The van der Waals surface area contributed by atoms with Crippen LogP contribution in [0.2, 0.25) is 0 Å². The first-order chi connectivity index (χ1) is 6.61. The first-order valence-electron chi connectivity index (χ1n) is 5.28. The van der Waals surface area contributed by atoms with Gasteiger partial charge in [0.05, 0.1) is 6.10 Å². The summed E-state index contributed by atoms with van der Waals surface area (Å²) in [6.07, 6.45) is 4.51. The first-order valence-corrected chi connectivity index (χ1v) is 5.28. The maximum atomic E-state index is 10.6. The lowest BCUT2D eigenvalue weighted by atomic mass is 10.1. The average molecular weight is 201 g/mol. The molecule has 82 valence electrons. The van der Waals surface area contributed by atoms with Crippen molar-refractivity contribution in [1.29, 1.82) is 0 Å². The Hall–Kier alpha value is -0.610. The number of hydrogen-bond acceptors (Lipinski definition) is 3. The fourth-order valence-corrected chi connectivity index (χ4v) is 1.87. The summed E-state index contributed by atoms with van der Waals surface area (Å²) in [7, 11) is 0. The van der Waals surface area contributed by atoms with Gasteiger partial charge >= 0.3 is 5.97 Å². The molecule has 0 aliphatic heterocycles. The summed E-state index contributed by atoms with van der Waals surface area (Å²) in [5.41, 5.74) is 0. The van der Waals surface area contributed by atoms with Crippen molar-refractivity contribution in [3.63, 3.8) is 0 Å². The summed E-state index contributed by atoms with van der Waals surface area (Å²) in [5, 5.41) is 21.4. The van der Waals surface area contributed by atoms with Crippen LogP contribution >= 0.6 is 0 Å². The van der Waals surface area contributed by atoms with Gasteiger partial charge in [-0.05, 0) is 19.8 Å². The third kappa shape index (κ3) is 3.27. The number of aliphatic hydroxyl groups excluding tert-OH is 1. The van der Waals surface area contributed by atoms with Crippen molar-refractivity contribution in [2.45, 2.75) is 57.2 Å². The van der Waals surface area contributed by atoms with Crippen molar-refractivity contribution in [3.8, 4) is 0 Å². The van der Waals surface area contributed by atoms with Crippen LogP contribution in [0.4, 0.5) is 0 Å². The van der Waals surface area contributed by atoms with Crippen LogP contribution in [0.1, 0.15) is 39.0 Å². The van der Waals surface area contributed by atoms with E-state index in [1.54, 1.807) is 6.92 Å². The summed E-state index contributed by atoms with van der Waals surface area (Å²) in [6.45, 7) is 1.61. The molecule has 0 amide bonds. The van der Waals surface area contributed by atoms with Crippen molar-refractivity contribution in [2.75, 3.05) is 0 Å². The zero-order valence-electron chi connectivity index (χ0n) is 8.57. The Bertz CT molecular complexity index is 196. The van der Waals surface area contributed by atoms with Gasteiger partial charge in [-0.25, -0.2) is 0 Å². The summed E-state index contributed by atoms with van der Waals surface area (Å²) < 4.78 is 0. The topological polar surface area (TPSA) is 69.6 Å². The standard InChI is InChI=1S/C10H19NO3/c1-7(10(13)14)11-8-5-3-2-4-6-9(8)12/h7-9,11-12H,2-6H2,1H3,(H,13,14). The Balaban J connectivity index is 2.43. The molecule has 0 radical (unpaired) electrons. The number of rotatable bonds is 3. The van der Waals surface area contributed by atoms with E-state index >= 15 is 0 Å². The van der Waals surface area contributed by atoms with Crippen LogP contribution in [0.25, 0.3) is 0 Å². The van der Waals surface area contributed by atoms with Crippen molar-refractivity contribution in [1.82, 2.24) is 5.32 Å². The fraction of sp³-hybridized carbons (Fsp3) is 0.900. The number of carbonyl (C=O) groups is 1. The lowest BCUT2D eigenvalue weighted by Crippen LogP contribution is -2.46. The Kier molecular flexibility index (Phi) is 4.35. The molecule has 0 aromatic heterocycles. The molecule has 3 N–H and O–H groups in total. The van der Waals surface area contributed by atoms with Crippen molar-refractivity contribution in [2.24, 2.45) is 0 Å². The van der Waals surface area contributed by atoms with E-state index in [-0.39, 0.29) is 12.1 Å². The molecule has 0 aromatic rings. The minimum absolute atomic E-state index is 0.0522. The molecule has 1 saturated carbocycles. The highest BCUT2D eigenvalue weighted by Crippen LogP contribution is 2.18.